The number of rotatable bonds is 4. The number of benzene rings is 1. The monoisotopic (exact) mass is 286 g/mol. The normalized spacial score (nSPS) is 16.9. The molecule has 0 saturated carbocycles. The molecule has 5 heteroatoms. The highest BCUT2D eigenvalue weighted by atomic mass is 16.5. The summed E-state index contributed by atoms with van der Waals surface area (Å²) in [6.07, 6.45) is 1.54. The molecule has 110 valence electrons. The molecule has 0 fully saturated rings. The Labute approximate surface area is 122 Å². The maximum Gasteiger partial charge on any atom is 0.330 e. The zero-order chi connectivity index (χ0) is 14.8. The molecule has 0 unspecified atom stereocenters. The summed E-state index contributed by atoms with van der Waals surface area (Å²) in [4.78, 5) is 26.5. The Morgan fingerprint density at radius 2 is 2.05 bits per heavy atom. The van der Waals surface area contributed by atoms with Gasteiger partial charge in [-0.1, -0.05) is 30.3 Å². The Hall–Kier alpha value is -2.14. The second-order valence-electron chi connectivity index (χ2n) is 5.17. The van der Waals surface area contributed by atoms with Crippen LogP contribution in [0.25, 0.3) is 0 Å². The van der Waals surface area contributed by atoms with Crippen molar-refractivity contribution in [3.05, 3.63) is 68.0 Å². The molecule has 1 aromatic heterocycles. The fourth-order valence-electron chi connectivity index (χ4n) is 3.01. The second-order valence-corrected chi connectivity index (χ2v) is 5.17. The molecule has 1 aromatic carbocycles. The van der Waals surface area contributed by atoms with Gasteiger partial charge in [-0.25, -0.2) is 4.79 Å². The summed E-state index contributed by atoms with van der Waals surface area (Å²) >= 11 is 0. The van der Waals surface area contributed by atoms with Gasteiger partial charge in [0.05, 0.1) is 0 Å². The lowest BCUT2D eigenvalue weighted by Crippen LogP contribution is -2.35. The highest BCUT2D eigenvalue weighted by molar-refractivity contribution is 5.37. The van der Waals surface area contributed by atoms with Crippen molar-refractivity contribution in [3.63, 3.8) is 0 Å². The van der Waals surface area contributed by atoms with Crippen molar-refractivity contribution < 1.29 is 4.74 Å². The number of hydrogen-bond donors (Lipinski definition) is 1. The van der Waals surface area contributed by atoms with Crippen LogP contribution >= 0.6 is 0 Å². The Bertz CT molecular complexity index is 746. The highest BCUT2D eigenvalue weighted by Crippen LogP contribution is 2.35. The molecule has 0 aliphatic heterocycles. The first-order valence-corrected chi connectivity index (χ1v) is 7.21. The van der Waals surface area contributed by atoms with Crippen LogP contribution in [0.15, 0.2) is 39.9 Å². The van der Waals surface area contributed by atoms with E-state index in [0.29, 0.717) is 18.6 Å². The lowest BCUT2D eigenvalue weighted by molar-refractivity contribution is 0.0819. The van der Waals surface area contributed by atoms with Gasteiger partial charge in [-0.2, -0.15) is 0 Å². The molecule has 0 radical (unpaired) electrons. The van der Waals surface area contributed by atoms with Crippen LogP contribution in [0.4, 0.5) is 0 Å². The Morgan fingerprint density at radius 1 is 1.29 bits per heavy atom. The fourth-order valence-corrected chi connectivity index (χ4v) is 3.01. The molecule has 5 nitrogen and oxygen atoms in total. The topological polar surface area (TPSA) is 64.1 Å². The van der Waals surface area contributed by atoms with Crippen LogP contribution in [0, 0.1) is 0 Å². The summed E-state index contributed by atoms with van der Waals surface area (Å²) in [5, 5.41) is 0. The number of ether oxygens (including phenoxy) is 1. The van der Waals surface area contributed by atoms with Crippen LogP contribution in [-0.2, 0) is 17.9 Å². The number of hydrogen-bond acceptors (Lipinski definition) is 3. The maximum absolute atomic E-state index is 12.1. The molecule has 21 heavy (non-hydrogen) atoms. The first kappa shape index (κ1) is 13.8. The minimum atomic E-state index is -0.393. The predicted molar refractivity (Wildman–Crippen MR) is 79.6 cm³/mol. The molecular weight excluding hydrogens is 268 g/mol. The third-order valence-electron chi connectivity index (χ3n) is 3.98. The number of aromatic amines is 1. The number of H-pyrrole nitrogens is 1. The van der Waals surface area contributed by atoms with Crippen LogP contribution in [-0.4, -0.2) is 16.2 Å². The van der Waals surface area contributed by atoms with E-state index < -0.39 is 5.69 Å². The van der Waals surface area contributed by atoms with Crippen LogP contribution < -0.4 is 11.2 Å². The van der Waals surface area contributed by atoms with Gasteiger partial charge in [0.25, 0.3) is 5.56 Å². The molecular formula is C16H18N2O3. The Balaban J connectivity index is 2.15. The second kappa shape index (κ2) is 5.69. The van der Waals surface area contributed by atoms with Gasteiger partial charge in [0.15, 0.2) is 0 Å². The van der Waals surface area contributed by atoms with E-state index in [1.807, 2.05) is 37.3 Å². The molecule has 0 saturated heterocycles. The molecule has 0 bridgehead atoms. The minimum absolute atomic E-state index is 0.0802. The SMILES string of the molecule is CCOCn1c2c(c(=O)[nH]c1=O)CC[C@H]2c1ccccc1. The number of aromatic nitrogens is 2. The molecule has 0 spiro atoms. The summed E-state index contributed by atoms with van der Waals surface area (Å²) in [5.41, 5.74) is 1.99. The molecule has 2 aromatic rings. The van der Waals surface area contributed by atoms with Crippen molar-refractivity contribution in [2.45, 2.75) is 32.4 Å². The van der Waals surface area contributed by atoms with E-state index in [9.17, 15) is 9.59 Å². The van der Waals surface area contributed by atoms with Gasteiger partial charge in [0.2, 0.25) is 0 Å². The maximum atomic E-state index is 12.1. The van der Waals surface area contributed by atoms with Crippen LogP contribution in [0.5, 0.6) is 0 Å². The number of fused-ring (bicyclic) bond motifs is 1. The van der Waals surface area contributed by atoms with Crippen molar-refractivity contribution in [2.24, 2.45) is 0 Å². The van der Waals surface area contributed by atoms with Crippen molar-refractivity contribution in [1.29, 1.82) is 0 Å². The van der Waals surface area contributed by atoms with Crippen molar-refractivity contribution in [2.75, 3.05) is 6.61 Å². The summed E-state index contributed by atoms with van der Waals surface area (Å²) in [7, 11) is 0. The van der Waals surface area contributed by atoms with Gasteiger partial charge in [-0.05, 0) is 25.3 Å². The molecule has 1 heterocycles. The first-order valence-electron chi connectivity index (χ1n) is 7.21. The minimum Gasteiger partial charge on any atom is -0.361 e. The van der Waals surface area contributed by atoms with Gasteiger partial charge < -0.3 is 4.74 Å². The molecule has 0 amide bonds. The van der Waals surface area contributed by atoms with Gasteiger partial charge in [0.1, 0.15) is 6.73 Å². The largest absolute Gasteiger partial charge is 0.361 e. The standard InChI is InChI=1S/C16H18N2O3/c1-2-21-10-18-14-12(11-6-4-3-5-7-11)8-9-13(14)15(19)17-16(18)20/h3-7,12H,2,8-10H2,1H3,(H,17,19,20)/t12-/m0/s1. The summed E-state index contributed by atoms with van der Waals surface area (Å²) in [5.74, 6) is 0.0802. The first-order chi connectivity index (χ1) is 10.2. The van der Waals surface area contributed by atoms with Crippen molar-refractivity contribution in [1.82, 2.24) is 9.55 Å². The van der Waals surface area contributed by atoms with E-state index in [2.05, 4.69) is 4.98 Å². The Kier molecular flexibility index (Phi) is 3.75. The van der Waals surface area contributed by atoms with Crippen LogP contribution in [0.2, 0.25) is 0 Å². The molecule has 3 rings (SSSR count). The molecule has 1 aliphatic rings. The van der Waals surface area contributed by atoms with Crippen LogP contribution in [0.3, 0.4) is 0 Å². The van der Waals surface area contributed by atoms with Gasteiger partial charge in [-0.3, -0.25) is 14.3 Å². The average Bonchev–Trinajstić information content (AvgIpc) is 2.93. The number of nitrogens with zero attached hydrogens (tertiary/aromatic N) is 1. The zero-order valence-electron chi connectivity index (χ0n) is 12.0. The van der Waals surface area contributed by atoms with E-state index in [1.54, 1.807) is 4.57 Å². The molecule has 1 atom stereocenters. The lowest BCUT2D eigenvalue weighted by Gasteiger charge is -2.17. The highest BCUT2D eigenvalue weighted by Gasteiger charge is 2.30. The van der Waals surface area contributed by atoms with E-state index in [-0.39, 0.29) is 18.2 Å². The lowest BCUT2D eigenvalue weighted by atomic mass is 9.96. The predicted octanol–water partition coefficient (Wildman–Crippen LogP) is 1.61. The third kappa shape index (κ3) is 2.45. The number of nitrogens with one attached hydrogen (secondary N) is 1. The van der Waals surface area contributed by atoms with E-state index in [4.69, 9.17) is 4.74 Å². The molecule has 1 N–H and O–H groups in total. The summed E-state index contributed by atoms with van der Waals surface area (Å²) < 4.78 is 6.95. The van der Waals surface area contributed by atoms with Gasteiger partial charge >= 0.3 is 5.69 Å². The van der Waals surface area contributed by atoms with Crippen molar-refractivity contribution >= 4 is 0 Å². The van der Waals surface area contributed by atoms with E-state index >= 15 is 0 Å². The molecule has 1 aliphatic carbocycles. The van der Waals surface area contributed by atoms with Crippen molar-refractivity contribution in [3.8, 4) is 0 Å². The van der Waals surface area contributed by atoms with E-state index in [1.165, 1.54) is 0 Å². The summed E-state index contributed by atoms with van der Waals surface area (Å²) in [6.45, 7) is 2.58. The summed E-state index contributed by atoms with van der Waals surface area (Å²) in [6, 6.07) is 9.99. The van der Waals surface area contributed by atoms with E-state index in [0.717, 1.165) is 17.7 Å². The Morgan fingerprint density at radius 3 is 2.76 bits per heavy atom. The average molecular weight is 286 g/mol. The van der Waals surface area contributed by atoms with Gasteiger partial charge in [0, 0.05) is 23.8 Å². The third-order valence-corrected chi connectivity index (χ3v) is 3.98. The zero-order valence-corrected chi connectivity index (χ0v) is 12.0. The fraction of sp³-hybridized carbons (Fsp3) is 0.375. The van der Waals surface area contributed by atoms with Gasteiger partial charge in [-0.15, -0.1) is 0 Å². The smallest absolute Gasteiger partial charge is 0.330 e. The van der Waals surface area contributed by atoms with Crippen LogP contribution in [0.1, 0.15) is 36.1 Å². The quantitative estimate of drug-likeness (QED) is 0.928.